The van der Waals surface area contributed by atoms with Gasteiger partial charge in [-0.25, -0.2) is 19.9 Å². The standard InChI is InChI=1S/C13H13N5S/c1-8-6-19-12-11(8)16-7-17-13(12)15-5-10-3-4-14-9(2)18-10/h3-4,6-7H,5H2,1-2H3,(H,15,16,17). The molecule has 0 fully saturated rings. The van der Waals surface area contributed by atoms with Crippen molar-refractivity contribution in [3.05, 3.63) is 41.1 Å². The van der Waals surface area contributed by atoms with Gasteiger partial charge >= 0.3 is 0 Å². The summed E-state index contributed by atoms with van der Waals surface area (Å²) in [7, 11) is 0. The number of nitrogens with one attached hydrogen (secondary N) is 1. The van der Waals surface area contributed by atoms with E-state index in [2.05, 4.69) is 37.6 Å². The van der Waals surface area contributed by atoms with E-state index in [-0.39, 0.29) is 0 Å². The summed E-state index contributed by atoms with van der Waals surface area (Å²) < 4.78 is 1.09. The molecule has 0 aliphatic carbocycles. The van der Waals surface area contributed by atoms with Gasteiger partial charge in [-0.1, -0.05) is 0 Å². The molecule has 1 N–H and O–H groups in total. The third-order valence-electron chi connectivity index (χ3n) is 2.80. The monoisotopic (exact) mass is 271 g/mol. The van der Waals surface area contributed by atoms with Crippen molar-refractivity contribution in [2.45, 2.75) is 20.4 Å². The lowest BCUT2D eigenvalue weighted by atomic mass is 10.3. The molecule has 0 aliphatic heterocycles. The molecule has 3 heterocycles. The first kappa shape index (κ1) is 12.0. The highest BCUT2D eigenvalue weighted by molar-refractivity contribution is 7.18. The topological polar surface area (TPSA) is 63.6 Å². The molecule has 0 bridgehead atoms. The second-order valence-electron chi connectivity index (χ2n) is 4.27. The van der Waals surface area contributed by atoms with Crippen molar-refractivity contribution < 1.29 is 0 Å². The lowest BCUT2D eigenvalue weighted by Gasteiger charge is -2.06. The molecule has 0 amide bonds. The third-order valence-corrected chi connectivity index (χ3v) is 3.90. The minimum atomic E-state index is 0.631. The minimum Gasteiger partial charge on any atom is -0.363 e. The number of anilines is 1. The quantitative estimate of drug-likeness (QED) is 0.793. The van der Waals surface area contributed by atoms with Crippen LogP contribution in [0.4, 0.5) is 5.82 Å². The van der Waals surface area contributed by atoms with Crippen LogP contribution >= 0.6 is 11.3 Å². The first-order chi connectivity index (χ1) is 9.24. The maximum atomic E-state index is 4.36. The molecule has 3 aromatic rings. The van der Waals surface area contributed by atoms with E-state index in [1.54, 1.807) is 23.9 Å². The Morgan fingerprint density at radius 3 is 2.95 bits per heavy atom. The summed E-state index contributed by atoms with van der Waals surface area (Å²) in [5, 5.41) is 5.41. The minimum absolute atomic E-state index is 0.631. The summed E-state index contributed by atoms with van der Waals surface area (Å²) in [6.45, 7) is 4.57. The van der Waals surface area contributed by atoms with Gasteiger partial charge in [0.05, 0.1) is 22.5 Å². The normalized spacial score (nSPS) is 10.8. The van der Waals surface area contributed by atoms with E-state index in [9.17, 15) is 0 Å². The van der Waals surface area contributed by atoms with Crippen molar-refractivity contribution in [3.63, 3.8) is 0 Å². The Morgan fingerprint density at radius 2 is 2.11 bits per heavy atom. The van der Waals surface area contributed by atoms with Crippen molar-refractivity contribution in [1.82, 2.24) is 19.9 Å². The summed E-state index contributed by atoms with van der Waals surface area (Å²) >= 11 is 1.66. The van der Waals surface area contributed by atoms with Crippen molar-refractivity contribution >= 4 is 27.4 Å². The Bertz CT molecular complexity index is 722. The molecule has 19 heavy (non-hydrogen) atoms. The van der Waals surface area contributed by atoms with Gasteiger partial charge in [-0.2, -0.15) is 0 Å². The summed E-state index contributed by atoms with van der Waals surface area (Å²) in [5.41, 5.74) is 3.15. The van der Waals surface area contributed by atoms with Gasteiger partial charge in [-0.3, -0.25) is 0 Å². The highest BCUT2D eigenvalue weighted by Gasteiger charge is 2.07. The van der Waals surface area contributed by atoms with Crippen molar-refractivity contribution in [3.8, 4) is 0 Å². The average molecular weight is 271 g/mol. The van der Waals surface area contributed by atoms with Crippen LogP contribution in [-0.4, -0.2) is 19.9 Å². The Balaban J connectivity index is 1.86. The summed E-state index contributed by atoms with van der Waals surface area (Å²) in [4.78, 5) is 17.1. The van der Waals surface area contributed by atoms with E-state index in [1.807, 2.05) is 13.0 Å². The van der Waals surface area contributed by atoms with Gasteiger partial charge in [0.25, 0.3) is 0 Å². The van der Waals surface area contributed by atoms with E-state index < -0.39 is 0 Å². The number of aromatic nitrogens is 4. The van der Waals surface area contributed by atoms with E-state index in [4.69, 9.17) is 0 Å². The lowest BCUT2D eigenvalue weighted by Crippen LogP contribution is -2.04. The van der Waals surface area contributed by atoms with Crippen LogP contribution in [-0.2, 0) is 6.54 Å². The Labute approximate surface area is 114 Å². The molecular weight excluding hydrogens is 258 g/mol. The van der Waals surface area contributed by atoms with E-state index in [0.717, 1.165) is 27.6 Å². The Hall–Kier alpha value is -2.08. The van der Waals surface area contributed by atoms with Crippen LogP contribution in [0.1, 0.15) is 17.1 Å². The summed E-state index contributed by atoms with van der Waals surface area (Å²) in [6, 6.07) is 1.90. The van der Waals surface area contributed by atoms with Crippen LogP contribution in [0, 0.1) is 13.8 Å². The summed E-state index contributed by atoms with van der Waals surface area (Å²) in [5.74, 6) is 1.64. The fourth-order valence-electron chi connectivity index (χ4n) is 1.87. The van der Waals surface area contributed by atoms with Gasteiger partial charge in [0.15, 0.2) is 0 Å². The zero-order chi connectivity index (χ0) is 13.2. The van der Waals surface area contributed by atoms with Crippen LogP contribution in [0.15, 0.2) is 24.0 Å². The molecule has 3 aromatic heterocycles. The first-order valence-electron chi connectivity index (χ1n) is 5.95. The van der Waals surface area contributed by atoms with Crippen LogP contribution in [0.5, 0.6) is 0 Å². The van der Waals surface area contributed by atoms with Gasteiger partial charge in [0, 0.05) is 6.20 Å². The highest BCUT2D eigenvalue weighted by atomic mass is 32.1. The molecule has 0 unspecified atom stereocenters. The van der Waals surface area contributed by atoms with E-state index in [1.165, 1.54) is 5.56 Å². The number of hydrogen-bond acceptors (Lipinski definition) is 6. The van der Waals surface area contributed by atoms with Crippen LogP contribution < -0.4 is 5.32 Å². The number of rotatable bonds is 3. The van der Waals surface area contributed by atoms with Crippen molar-refractivity contribution in [2.75, 3.05) is 5.32 Å². The average Bonchev–Trinajstić information content (AvgIpc) is 2.79. The molecule has 96 valence electrons. The van der Waals surface area contributed by atoms with Crippen molar-refractivity contribution in [2.24, 2.45) is 0 Å². The molecule has 0 saturated heterocycles. The molecule has 0 radical (unpaired) electrons. The molecule has 3 rings (SSSR count). The van der Waals surface area contributed by atoms with Gasteiger partial charge < -0.3 is 5.32 Å². The predicted molar refractivity (Wildman–Crippen MR) is 76.2 cm³/mol. The van der Waals surface area contributed by atoms with Gasteiger partial charge in [-0.15, -0.1) is 11.3 Å². The van der Waals surface area contributed by atoms with Crippen LogP contribution in [0.25, 0.3) is 10.2 Å². The SMILES string of the molecule is Cc1nccc(CNc2ncnc3c(C)csc23)n1. The first-order valence-corrected chi connectivity index (χ1v) is 6.83. The second kappa shape index (κ2) is 4.89. The van der Waals surface area contributed by atoms with E-state index in [0.29, 0.717) is 6.54 Å². The fraction of sp³-hybridized carbons (Fsp3) is 0.231. The predicted octanol–water partition coefficient (Wildman–Crippen LogP) is 2.71. The van der Waals surface area contributed by atoms with Crippen LogP contribution in [0.3, 0.4) is 0 Å². The maximum Gasteiger partial charge on any atom is 0.147 e. The zero-order valence-electron chi connectivity index (χ0n) is 10.7. The van der Waals surface area contributed by atoms with E-state index >= 15 is 0 Å². The number of fused-ring (bicyclic) bond motifs is 1. The third kappa shape index (κ3) is 2.39. The number of thiophene rings is 1. The molecule has 0 aromatic carbocycles. The molecule has 5 nitrogen and oxygen atoms in total. The zero-order valence-corrected chi connectivity index (χ0v) is 11.5. The maximum absolute atomic E-state index is 4.36. The fourth-order valence-corrected chi connectivity index (χ4v) is 2.84. The molecular formula is C13H13N5S. The molecule has 0 atom stereocenters. The number of aryl methyl sites for hydroxylation is 2. The Kier molecular flexibility index (Phi) is 3.08. The van der Waals surface area contributed by atoms with Crippen LogP contribution in [0.2, 0.25) is 0 Å². The highest BCUT2D eigenvalue weighted by Crippen LogP contribution is 2.28. The number of hydrogen-bond donors (Lipinski definition) is 1. The van der Waals surface area contributed by atoms with Gasteiger partial charge in [-0.05, 0) is 30.9 Å². The smallest absolute Gasteiger partial charge is 0.147 e. The molecule has 0 aliphatic rings. The lowest BCUT2D eigenvalue weighted by molar-refractivity contribution is 0.950. The summed E-state index contributed by atoms with van der Waals surface area (Å²) in [6.07, 6.45) is 3.36. The molecule has 0 saturated carbocycles. The van der Waals surface area contributed by atoms with Gasteiger partial charge in [0.2, 0.25) is 0 Å². The van der Waals surface area contributed by atoms with Gasteiger partial charge in [0.1, 0.15) is 18.0 Å². The number of nitrogens with zero attached hydrogens (tertiary/aromatic N) is 4. The largest absolute Gasteiger partial charge is 0.363 e. The Morgan fingerprint density at radius 1 is 1.21 bits per heavy atom. The molecule has 0 spiro atoms. The molecule has 6 heteroatoms. The second-order valence-corrected chi connectivity index (χ2v) is 5.15. The van der Waals surface area contributed by atoms with Crippen molar-refractivity contribution in [1.29, 1.82) is 0 Å².